The second-order valence-electron chi connectivity index (χ2n) is 4.30. The molecule has 1 fully saturated rings. The molecule has 1 rings (SSSR count). The van der Waals surface area contributed by atoms with E-state index in [2.05, 4.69) is 17.6 Å². The van der Waals surface area contributed by atoms with Gasteiger partial charge in [-0.15, -0.1) is 0 Å². The molecule has 1 heterocycles. The summed E-state index contributed by atoms with van der Waals surface area (Å²) in [6.45, 7) is 6.63. The van der Waals surface area contributed by atoms with Crippen molar-refractivity contribution in [3.63, 3.8) is 0 Å². The van der Waals surface area contributed by atoms with E-state index in [9.17, 15) is 0 Å². The van der Waals surface area contributed by atoms with Crippen molar-refractivity contribution in [1.82, 2.24) is 10.6 Å². The number of hydrogen-bond acceptors (Lipinski definition) is 3. The number of methoxy groups -OCH3 is 1. The van der Waals surface area contributed by atoms with Crippen molar-refractivity contribution in [3.05, 3.63) is 0 Å². The van der Waals surface area contributed by atoms with Gasteiger partial charge in [-0.05, 0) is 51.7 Å². The summed E-state index contributed by atoms with van der Waals surface area (Å²) in [7, 11) is 1.76. The third-order valence-electron chi connectivity index (χ3n) is 2.91. The summed E-state index contributed by atoms with van der Waals surface area (Å²) in [6, 6.07) is 0.580. The standard InChI is InChI=1S/C11H24N2O/c1-10(5-7-14-2)13-9-11-4-3-6-12-8-11/h10-13H,3-9H2,1-2H3. The topological polar surface area (TPSA) is 33.3 Å². The normalized spacial score (nSPS) is 24.9. The first-order valence-electron chi connectivity index (χ1n) is 5.76. The summed E-state index contributed by atoms with van der Waals surface area (Å²) < 4.78 is 5.05. The molecule has 3 heteroatoms. The van der Waals surface area contributed by atoms with Crippen LogP contribution >= 0.6 is 0 Å². The Hall–Kier alpha value is -0.120. The van der Waals surface area contributed by atoms with Crippen LogP contribution in [0.5, 0.6) is 0 Å². The number of nitrogens with one attached hydrogen (secondary N) is 2. The lowest BCUT2D eigenvalue weighted by Gasteiger charge is -2.24. The van der Waals surface area contributed by atoms with Crippen molar-refractivity contribution in [3.8, 4) is 0 Å². The Morgan fingerprint density at radius 1 is 1.57 bits per heavy atom. The Balaban J connectivity index is 2.00. The number of piperidine rings is 1. The fourth-order valence-corrected chi connectivity index (χ4v) is 1.86. The van der Waals surface area contributed by atoms with Crippen LogP contribution in [0, 0.1) is 5.92 Å². The van der Waals surface area contributed by atoms with Crippen LogP contribution < -0.4 is 10.6 Å². The maximum Gasteiger partial charge on any atom is 0.0476 e. The molecule has 2 atom stereocenters. The molecule has 0 aromatic rings. The van der Waals surface area contributed by atoms with Gasteiger partial charge in [-0.1, -0.05) is 0 Å². The Morgan fingerprint density at radius 3 is 3.07 bits per heavy atom. The highest BCUT2D eigenvalue weighted by atomic mass is 16.5. The maximum absolute atomic E-state index is 5.05. The average Bonchev–Trinajstić information content (AvgIpc) is 2.25. The first-order valence-corrected chi connectivity index (χ1v) is 5.76. The van der Waals surface area contributed by atoms with E-state index < -0.39 is 0 Å². The molecule has 0 amide bonds. The van der Waals surface area contributed by atoms with Gasteiger partial charge in [0.05, 0.1) is 0 Å². The van der Waals surface area contributed by atoms with Crippen LogP contribution in [0.4, 0.5) is 0 Å². The van der Waals surface area contributed by atoms with E-state index in [1.54, 1.807) is 7.11 Å². The molecule has 0 saturated carbocycles. The monoisotopic (exact) mass is 200 g/mol. The minimum Gasteiger partial charge on any atom is -0.385 e. The summed E-state index contributed by atoms with van der Waals surface area (Å²) in [5, 5.41) is 7.00. The summed E-state index contributed by atoms with van der Waals surface area (Å²) >= 11 is 0. The van der Waals surface area contributed by atoms with Crippen molar-refractivity contribution >= 4 is 0 Å². The molecule has 84 valence electrons. The highest BCUT2D eigenvalue weighted by Gasteiger charge is 2.13. The molecule has 1 saturated heterocycles. The predicted molar refractivity (Wildman–Crippen MR) is 59.6 cm³/mol. The number of hydrogen-bond donors (Lipinski definition) is 2. The van der Waals surface area contributed by atoms with Gasteiger partial charge in [0.2, 0.25) is 0 Å². The quantitative estimate of drug-likeness (QED) is 0.671. The molecule has 0 spiro atoms. The maximum atomic E-state index is 5.05. The first-order chi connectivity index (χ1) is 6.83. The number of ether oxygens (including phenoxy) is 1. The van der Waals surface area contributed by atoms with E-state index in [0.29, 0.717) is 6.04 Å². The zero-order valence-corrected chi connectivity index (χ0v) is 9.51. The molecule has 0 aromatic carbocycles. The molecular formula is C11H24N2O. The molecule has 1 aliphatic rings. The molecular weight excluding hydrogens is 176 g/mol. The number of rotatable bonds is 6. The molecule has 3 nitrogen and oxygen atoms in total. The molecule has 14 heavy (non-hydrogen) atoms. The van der Waals surface area contributed by atoms with Crippen molar-refractivity contribution in [2.24, 2.45) is 5.92 Å². The molecule has 0 bridgehead atoms. The minimum absolute atomic E-state index is 0.580. The predicted octanol–water partition coefficient (Wildman–Crippen LogP) is 1.00. The minimum atomic E-state index is 0.580. The first kappa shape index (κ1) is 12.0. The van der Waals surface area contributed by atoms with Gasteiger partial charge >= 0.3 is 0 Å². The summed E-state index contributed by atoms with van der Waals surface area (Å²) in [5.41, 5.74) is 0. The van der Waals surface area contributed by atoms with Crippen LogP contribution in [-0.2, 0) is 4.74 Å². The van der Waals surface area contributed by atoms with Crippen molar-refractivity contribution < 1.29 is 4.74 Å². The Labute approximate surface area is 87.6 Å². The zero-order chi connectivity index (χ0) is 10.2. The molecule has 0 aliphatic carbocycles. The summed E-state index contributed by atoms with van der Waals surface area (Å²) in [6.07, 6.45) is 3.81. The van der Waals surface area contributed by atoms with Gasteiger partial charge in [-0.3, -0.25) is 0 Å². The van der Waals surface area contributed by atoms with E-state index >= 15 is 0 Å². The van der Waals surface area contributed by atoms with E-state index in [1.807, 2.05) is 0 Å². The largest absolute Gasteiger partial charge is 0.385 e. The van der Waals surface area contributed by atoms with Crippen molar-refractivity contribution in [2.45, 2.75) is 32.2 Å². The lowest BCUT2D eigenvalue weighted by Crippen LogP contribution is -2.39. The lowest BCUT2D eigenvalue weighted by atomic mass is 9.99. The molecule has 0 aromatic heterocycles. The average molecular weight is 200 g/mol. The fourth-order valence-electron chi connectivity index (χ4n) is 1.86. The smallest absolute Gasteiger partial charge is 0.0476 e. The van der Waals surface area contributed by atoms with Crippen LogP contribution in [-0.4, -0.2) is 39.4 Å². The van der Waals surface area contributed by atoms with Gasteiger partial charge in [0.25, 0.3) is 0 Å². The third kappa shape index (κ3) is 4.94. The van der Waals surface area contributed by atoms with Gasteiger partial charge in [-0.25, -0.2) is 0 Å². The molecule has 2 N–H and O–H groups in total. The van der Waals surface area contributed by atoms with Crippen LogP contribution in [0.2, 0.25) is 0 Å². The van der Waals surface area contributed by atoms with Gasteiger partial charge in [0.15, 0.2) is 0 Å². The Kier molecular flexibility index (Phi) is 6.15. The molecule has 1 aliphatic heterocycles. The second-order valence-corrected chi connectivity index (χ2v) is 4.30. The SMILES string of the molecule is COCCC(C)NCC1CCCNC1. The van der Waals surface area contributed by atoms with E-state index in [-0.39, 0.29) is 0 Å². The summed E-state index contributed by atoms with van der Waals surface area (Å²) in [4.78, 5) is 0. The van der Waals surface area contributed by atoms with Crippen molar-refractivity contribution in [1.29, 1.82) is 0 Å². The van der Waals surface area contributed by atoms with E-state index in [4.69, 9.17) is 4.74 Å². The molecule has 0 radical (unpaired) electrons. The lowest BCUT2D eigenvalue weighted by molar-refractivity contribution is 0.183. The van der Waals surface area contributed by atoms with E-state index in [1.165, 1.54) is 25.9 Å². The third-order valence-corrected chi connectivity index (χ3v) is 2.91. The Bertz CT molecular complexity index is 135. The van der Waals surface area contributed by atoms with Crippen LogP contribution in [0.1, 0.15) is 26.2 Å². The van der Waals surface area contributed by atoms with Gasteiger partial charge in [0.1, 0.15) is 0 Å². The van der Waals surface area contributed by atoms with Crippen molar-refractivity contribution in [2.75, 3.05) is 33.4 Å². The van der Waals surface area contributed by atoms with Gasteiger partial charge < -0.3 is 15.4 Å². The Morgan fingerprint density at radius 2 is 2.43 bits per heavy atom. The summed E-state index contributed by atoms with van der Waals surface area (Å²) in [5.74, 6) is 0.828. The highest BCUT2D eigenvalue weighted by Crippen LogP contribution is 2.08. The second kappa shape index (κ2) is 7.21. The highest BCUT2D eigenvalue weighted by molar-refractivity contribution is 4.72. The van der Waals surface area contributed by atoms with Gasteiger partial charge in [0, 0.05) is 19.8 Å². The van der Waals surface area contributed by atoms with Crippen LogP contribution in [0.25, 0.3) is 0 Å². The van der Waals surface area contributed by atoms with Gasteiger partial charge in [-0.2, -0.15) is 0 Å². The van der Waals surface area contributed by atoms with Crippen LogP contribution in [0.15, 0.2) is 0 Å². The van der Waals surface area contributed by atoms with E-state index in [0.717, 1.165) is 25.5 Å². The van der Waals surface area contributed by atoms with Crippen LogP contribution in [0.3, 0.4) is 0 Å². The zero-order valence-electron chi connectivity index (χ0n) is 9.51. The molecule has 2 unspecified atom stereocenters. The fraction of sp³-hybridized carbons (Fsp3) is 1.00.